The van der Waals surface area contributed by atoms with Crippen molar-refractivity contribution >= 4 is 28.7 Å². The third kappa shape index (κ3) is 3.97. The van der Waals surface area contributed by atoms with E-state index in [0.717, 1.165) is 23.0 Å². The summed E-state index contributed by atoms with van der Waals surface area (Å²) >= 11 is 0. The van der Waals surface area contributed by atoms with Gasteiger partial charge in [-0.1, -0.05) is 30.4 Å². The third-order valence-electron chi connectivity index (χ3n) is 3.28. The van der Waals surface area contributed by atoms with Gasteiger partial charge in [0.25, 0.3) is 0 Å². The van der Waals surface area contributed by atoms with E-state index >= 15 is 0 Å². The quantitative estimate of drug-likeness (QED) is 0.487. The summed E-state index contributed by atoms with van der Waals surface area (Å²) in [5.74, 6) is -3.10. The van der Waals surface area contributed by atoms with Gasteiger partial charge in [-0.2, -0.15) is 0 Å². The molecule has 0 fully saturated rings. The predicted octanol–water partition coefficient (Wildman–Crippen LogP) is 3.33. The molecule has 2 aromatic rings. The molecule has 2 rings (SSSR count). The summed E-state index contributed by atoms with van der Waals surface area (Å²) in [6, 6.07) is 7.81. The lowest BCUT2D eigenvalue weighted by Crippen LogP contribution is -2.01. The highest BCUT2D eigenvalue weighted by Crippen LogP contribution is 2.22. The summed E-state index contributed by atoms with van der Waals surface area (Å²) in [7, 11) is 0. The molecule has 0 bridgehead atoms. The number of aliphatic carboxylic acids is 1. The SMILES string of the molecule is C/C=C/Cn1cc(/C=C/C(=O)/C=C(\O)C(=O)O)c2ccccc21. The molecule has 5 heteroatoms. The number of fused-ring (bicyclic) bond motifs is 1. The van der Waals surface area contributed by atoms with E-state index in [-0.39, 0.29) is 0 Å². The second kappa shape index (κ2) is 7.26. The molecule has 5 nitrogen and oxygen atoms in total. The number of carboxylic acid groups (broad SMARTS) is 1. The maximum Gasteiger partial charge on any atom is 0.371 e. The number of ketones is 1. The lowest BCUT2D eigenvalue weighted by molar-refractivity contribution is -0.135. The van der Waals surface area contributed by atoms with E-state index in [1.165, 1.54) is 6.08 Å². The minimum atomic E-state index is -1.53. The van der Waals surface area contributed by atoms with Crippen LogP contribution < -0.4 is 0 Å². The van der Waals surface area contributed by atoms with E-state index in [1.807, 2.05) is 49.5 Å². The number of aliphatic hydroxyl groups is 1. The highest BCUT2D eigenvalue weighted by Gasteiger charge is 2.07. The van der Waals surface area contributed by atoms with Gasteiger partial charge in [0.15, 0.2) is 5.78 Å². The lowest BCUT2D eigenvalue weighted by atomic mass is 10.1. The Labute approximate surface area is 133 Å². The van der Waals surface area contributed by atoms with Crippen molar-refractivity contribution in [1.29, 1.82) is 0 Å². The van der Waals surface area contributed by atoms with Crippen LogP contribution in [0.25, 0.3) is 17.0 Å². The Hall–Kier alpha value is -3.08. The average molecular weight is 311 g/mol. The number of carbonyl (C=O) groups is 2. The molecule has 0 radical (unpaired) electrons. The number of benzene rings is 1. The number of para-hydroxylation sites is 1. The highest BCUT2D eigenvalue weighted by atomic mass is 16.4. The van der Waals surface area contributed by atoms with Crippen LogP contribution in [0.2, 0.25) is 0 Å². The normalized spacial score (nSPS) is 12.5. The third-order valence-corrected chi connectivity index (χ3v) is 3.28. The monoisotopic (exact) mass is 311 g/mol. The van der Waals surface area contributed by atoms with Crippen molar-refractivity contribution in [1.82, 2.24) is 4.57 Å². The number of allylic oxidation sites excluding steroid dienone is 4. The van der Waals surface area contributed by atoms with Gasteiger partial charge in [-0.3, -0.25) is 4.79 Å². The molecule has 1 aromatic heterocycles. The molecule has 0 saturated heterocycles. The molecule has 2 N–H and O–H groups in total. The van der Waals surface area contributed by atoms with E-state index in [2.05, 4.69) is 4.57 Å². The number of carbonyl (C=O) groups excluding carboxylic acids is 1. The van der Waals surface area contributed by atoms with Crippen LogP contribution in [-0.2, 0) is 16.1 Å². The second-order valence-electron chi connectivity index (χ2n) is 4.89. The maximum atomic E-state index is 11.6. The summed E-state index contributed by atoms with van der Waals surface area (Å²) in [6.07, 6.45) is 9.45. The van der Waals surface area contributed by atoms with Crippen LogP contribution in [0.4, 0.5) is 0 Å². The first-order valence-corrected chi connectivity index (χ1v) is 7.08. The topological polar surface area (TPSA) is 79.5 Å². The molecule has 0 aliphatic carbocycles. The summed E-state index contributed by atoms with van der Waals surface area (Å²) < 4.78 is 2.06. The first-order chi connectivity index (χ1) is 11.0. The maximum absolute atomic E-state index is 11.6. The fourth-order valence-electron chi connectivity index (χ4n) is 2.19. The Bertz CT molecular complexity index is 825. The standard InChI is InChI=1S/C18H17NO4/c1-2-3-10-19-12-13(15-6-4-5-7-16(15)19)8-9-14(20)11-17(21)18(22)23/h2-9,11-12,21H,10H2,1H3,(H,22,23)/b3-2+,9-8+,17-11-. The van der Waals surface area contributed by atoms with E-state index in [4.69, 9.17) is 10.2 Å². The summed E-state index contributed by atoms with van der Waals surface area (Å²) in [6.45, 7) is 2.67. The molecular weight excluding hydrogens is 294 g/mol. The molecular formula is C18H17NO4. The van der Waals surface area contributed by atoms with Gasteiger partial charge < -0.3 is 14.8 Å². The van der Waals surface area contributed by atoms with Gasteiger partial charge in [-0.05, 0) is 25.1 Å². The number of hydrogen-bond acceptors (Lipinski definition) is 3. The largest absolute Gasteiger partial charge is 0.502 e. The molecule has 1 aromatic carbocycles. The number of aromatic nitrogens is 1. The fraction of sp³-hybridized carbons (Fsp3) is 0.111. The number of hydrogen-bond donors (Lipinski definition) is 2. The Balaban J connectivity index is 2.33. The van der Waals surface area contributed by atoms with Gasteiger partial charge in [0.05, 0.1) is 0 Å². The number of nitrogens with zero attached hydrogens (tertiary/aromatic N) is 1. The van der Waals surface area contributed by atoms with Gasteiger partial charge in [-0.15, -0.1) is 0 Å². The molecule has 0 amide bonds. The second-order valence-corrected chi connectivity index (χ2v) is 4.89. The fourth-order valence-corrected chi connectivity index (χ4v) is 2.19. The van der Waals surface area contributed by atoms with Crippen molar-refractivity contribution in [2.75, 3.05) is 0 Å². The minimum Gasteiger partial charge on any atom is -0.502 e. The van der Waals surface area contributed by atoms with Crippen LogP contribution in [0.5, 0.6) is 0 Å². The smallest absolute Gasteiger partial charge is 0.371 e. The van der Waals surface area contributed by atoms with Gasteiger partial charge in [0.2, 0.25) is 5.76 Å². The van der Waals surface area contributed by atoms with Crippen molar-refractivity contribution in [3.63, 3.8) is 0 Å². The first kappa shape index (κ1) is 16.3. The van der Waals surface area contributed by atoms with Gasteiger partial charge in [0, 0.05) is 35.3 Å². The summed E-state index contributed by atoms with van der Waals surface area (Å²) in [5, 5.41) is 18.6. The highest BCUT2D eigenvalue weighted by molar-refractivity contribution is 6.06. The Morgan fingerprint density at radius 3 is 2.65 bits per heavy atom. The van der Waals surface area contributed by atoms with E-state index in [9.17, 15) is 9.59 Å². The minimum absolute atomic E-state index is 0.588. The number of carboxylic acids is 1. The van der Waals surface area contributed by atoms with E-state index < -0.39 is 17.5 Å². The number of aliphatic hydroxyl groups excluding tert-OH is 1. The van der Waals surface area contributed by atoms with Gasteiger partial charge in [-0.25, -0.2) is 4.79 Å². The molecule has 0 saturated carbocycles. The van der Waals surface area contributed by atoms with Crippen LogP contribution in [-0.4, -0.2) is 26.5 Å². The molecule has 118 valence electrons. The Kier molecular flexibility index (Phi) is 5.15. The molecule has 0 unspecified atom stereocenters. The molecule has 0 spiro atoms. The zero-order valence-electron chi connectivity index (χ0n) is 12.6. The zero-order chi connectivity index (χ0) is 16.8. The van der Waals surface area contributed by atoms with Gasteiger partial charge >= 0.3 is 5.97 Å². The average Bonchev–Trinajstić information content (AvgIpc) is 2.89. The molecule has 0 aliphatic rings. The van der Waals surface area contributed by atoms with Crippen LogP contribution in [0.1, 0.15) is 12.5 Å². The molecule has 23 heavy (non-hydrogen) atoms. The van der Waals surface area contributed by atoms with Crippen molar-refractivity contribution in [2.45, 2.75) is 13.5 Å². The van der Waals surface area contributed by atoms with E-state index in [0.29, 0.717) is 6.08 Å². The van der Waals surface area contributed by atoms with Crippen LogP contribution in [0, 0.1) is 0 Å². The number of rotatable bonds is 6. The molecule has 0 atom stereocenters. The van der Waals surface area contributed by atoms with Crippen molar-refractivity contribution in [3.8, 4) is 0 Å². The summed E-state index contributed by atoms with van der Waals surface area (Å²) in [4.78, 5) is 22.1. The molecule has 0 aliphatic heterocycles. The Morgan fingerprint density at radius 1 is 1.22 bits per heavy atom. The molecule has 1 heterocycles. The summed E-state index contributed by atoms with van der Waals surface area (Å²) in [5.41, 5.74) is 1.89. The Morgan fingerprint density at radius 2 is 1.96 bits per heavy atom. The van der Waals surface area contributed by atoms with Crippen molar-refractivity contribution < 1.29 is 19.8 Å². The van der Waals surface area contributed by atoms with Crippen molar-refractivity contribution in [3.05, 3.63) is 66.1 Å². The van der Waals surface area contributed by atoms with Crippen LogP contribution in [0.15, 0.2) is 60.5 Å². The van der Waals surface area contributed by atoms with E-state index in [1.54, 1.807) is 6.08 Å². The van der Waals surface area contributed by atoms with Crippen molar-refractivity contribution in [2.24, 2.45) is 0 Å². The predicted molar refractivity (Wildman–Crippen MR) is 89.1 cm³/mol. The van der Waals surface area contributed by atoms with Gasteiger partial charge in [0.1, 0.15) is 0 Å². The first-order valence-electron chi connectivity index (χ1n) is 7.08. The lowest BCUT2D eigenvalue weighted by Gasteiger charge is -1.99. The van der Waals surface area contributed by atoms with Crippen LogP contribution >= 0.6 is 0 Å². The zero-order valence-corrected chi connectivity index (χ0v) is 12.6. The van der Waals surface area contributed by atoms with Crippen LogP contribution in [0.3, 0.4) is 0 Å².